The third kappa shape index (κ3) is 5.27. The van der Waals surface area contributed by atoms with Crippen molar-refractivity contribution in [1.82, 2.24) is 19.7 Å². The molecule has 10 nitrogen and oxygen atoms in total. The van der Waals surface area contributed by atoms with Crippen molar-refractivity contribution in [3.63, 3.8) is 0 Å². The SMILES string of the molecule is Cc1ccnc(NS(=O)(=O)c2ccc(NC(=O)c3nn(-c4ccc(Cl)cc4)ccc3=O)cc2)n1. The first-order valence-corrected chi connectivity index (χ1v) is 11.7. The van der Waals surface area contributed by atoms with Crippen LogP contribution in [0.1, 0.15) is 16.2 Å². The van der Waals surface area contributed by atoms with E-state index in [1.165, 1.54) is 47.4 Å². The second-order valence-corrected chi connectivity index (χ2v) is 9.17. The van der Waals surface area contributed by atoms with E-state index in [0.717, 1.165) is 0 Å². The summed E-state index contributed by atoms with van der Waals surface area (Å²) in [4.78, 5) is 32.7. The molecule has 0 aliphatic carbocycles. The number of halogens is 1. The molecule has 2 heterocycles. The number of nitrogens with one attached hydrogen (secondary N) is 2. The molecule has 34 heavy (non-hydrogen) atoms. The first kappa shape index (κ1) is 23.1. The van der Waals surface area contributed by atoms with Crippen molar-refractivity contribution < 1.29 is 13.2 Å². The van der Waals surface area contributed by atoms with E-state index in [9.17, 15) is 18.0 Å². The fourth-order valence-electron chi connectivity index (χ4n) is 2.89. The molecule has 0 radical (unpaired) electrons. The molecular weight excluding hydrogens is 480 g/mol. The van der Waals surface area contributed by atoms with Crippen LogP contribution < -0.4 is 15.5 Å². The number of benzene rings is 2. The Balaban J connectivity index is 1.51. The van der Waals surface area contributed by atoms with Gasteiger partial charge in [0.05, 0.1) is 10.6 Å². The van der Waals surface area contributed by atoms with Crippen molar-refractivity contribution in [2.45, 2.75) is 11.8 Å². The normalized spacial score (nSPS) is 11.1. The van der Waals surface area contributed by atoms with E-state index in [1.807, 2.05) is 0 Å². The summed E-state index contributed by atoms with van der Waals surface area (Å²) in [5, 5.41) is 7.19. The van der Waals surface area contributed by atoms with E-state index in [2.05, 4.69) is 25.1 Å². The van der Waals surface area contributed by atoms with E-state index in [1.54, 1.807) is 37.3 Å². The highest BCUT2D eigenvalue weighted by atomic mass is 35.5. The number of hydrogen-bond acceptors (Lipinski definition) is 7. The lowest BCUT2D eigenvalue weighted by Crippen LogP contribution is -2.25. The van der Waals surface area contributed by atoms with Gasteiger partial charge in [0, 0.05) is 34.9 Å². The Hall–Kier alpha value is -4.09. The molecule has 172 valence electrons. The zero-order chi connectivity index (χ0) is 24.3. The van der Waals surface area contributed by atoms with Crippen molar-refractivity contribution in [3.8, 4) is 5.69 Å². The summed E-state index contributed by atoms with van der Waals surface area (Å²) in [5.74, 6) is -0.792. The van der Waals surface area contributed by atoms with Gasteiger partial charge in [-0.3, -0.25) is 9.59 Å². The monoisotopic (exact) mass is 496 g/mol. The smallest absolute Gasteiger partial charge is 0.280 e. The fourth-order valence-corrected chi connectivity index (χ4v) is 3.96. The average molecular weight is 497 g/mol. The van der Waals surface area contributed by atoms with E-state index in [0.29, 0.717) is 16.4 Å². The highest BCUT2D eigenvalue weighted by molar-refractivity contribution is 7.92. The molecule has 0 saturated heterocycles. The molecule has 0 unspecified atom stereocenters. The number of carbonyl (C=O) groups is 1. The molecular formula is C22H17ClN6O4S. The molecule has 0 bridgehead atoms. The van der Waals surface area contributed by atoms with Gasteiger partial charge < -0.3 is 5.32 Å². The summed E-state index contributed by atoms with van der Waals surface area (Å²) < 4.78 is 28.8. The largest absolute Gasteiger partial charge is 0.320 e. The minimum absolute atomic E-state index is 0.0514. The van der Waals surface area contributed by atoms with Gasteiger partial charge in [0.2, 0.25) is 11.4 Å². The minimum Gasteiger partial charge on any atom is -0.320 e. The maximum atomic E-state index is 12.7. The molecule has 0 saturated carbocycles. The van der Waals surface area contributed by atoms with Crippen LogP contribution in [0, 0.1) is 6.92 Å². The molecule has 0 spiro atoms. The van der Waals surface area contributed by atoms with Gasteiger partial charge in [0.1, 0.15) is 0 Å². The van der Waals surface area contributed by atoms with Gasteiger partial charge in [-0.15, -0.1) is 0 Å². The summed E-state index contributed by atoms with van der Waals surface area (Å²) in [5.41, 5.74) is 0.601. The Bertz CT molecular complexity index is 1520. The lowest BCUT2D eigenvalue weighted by atomic mass is 10.3. The van der Waals surface area contributed by atoms with Gasteiger partial charge in [0.15, 0.2) is 5.69 Å². The molecule has 2 aromatic carbocycles. The number of hydrogen-bond donors (Lipinski definition) is 2. The fraction of sp³-hybridized carbons (Fsp3) is 0.0455. The first-order valence-electron chi connectivity index (χ1n) is 9.81. The van der Waals surface area contributed by atoms with Crippen LogP contribution >= 0.6 is 11.6 Å². The summed E-state index contributed by atoms with van der Waals surface area (Å²) in [6.45, 7) is 1.71. The second-order valence-electron chi connectivity index (χ2n) is 7.06. The third-order valence-corrected chi connectivity index (χ3v) is 6.15. The number of aromatic nitrogens is 4. The lowest BCUT2D eigenvalue weighted by molar-refractivity contribution is 0.101. The van der Waals surface area contributed by atoms with Crippen LogP contribution in [-0.4, -0.2) is 34.1 Å². The second kappa shape index (κ2) is 9.41. The van der Waals surface area contributed by atoms with E-state index < -0.39 is 21.4 Å². The summed E-state index contributed by atoms with van der Waals surface area (Å²) >= 11 is 5.89. The Kier molecular flexibility index (Phi) is 6.39. The van der Waals surface area contributed by atoms with E-state index in [4.69, 9.17) is 11.6 Å². The topological polar surface area (TPSA) is 136 Å². The molecule has 0 fully saturated rings. The molecule has 4 aromatic rings. The summed E-state index contributed by atoms with van der Waals surface area (Å²) in [6.07, 6.45) is 2.88. The Morgan fingerprint density at radius 2 is 1.71 bits per heavy atom. The third-order valence-electron chi connectivity index (χ3n) is 4.56. The van der Waals surface area contributed by atoms with Gasteiger partial charge in [0.25, 0.3) is 15.9 Å². The van der Waals surface area contributed by atoms with Crippen LogP contribution in [0.15, 0.2) is 82.7 Å². The van der Waals surface area contributed by atoms with Gasteiger partial charge in [-0.2, -0.15) is 5.10 Å². The highest BCUT2D eigenvalue weighted by Crippen LogP contribution is 2.17. The molecule has 1 amide bonds. The van der Waals surface area contributed by atoms with Gasteiger partial charge in [-0.05, 0) is 61.5 Å². The predicted molar refractivity (Wildman–Crippen MR) is 127 cm³/mol. The number of carbonyl (C=O) groups excluding carboxylic acids is 1. The lowest BCUT2D eigenvalue weighted by Gasteiger charge is -2.10. The zero-order valence-corrected chi connectivity index (χ0v) is 19.2. The number of rotatable bonds is 6. The van der Waals surface area contributed by atoms with Gasteiger partial charge in [-0.25, -0.2) is 27.8 Å². The molecule has 0 aliphatic heterocycles. The highest BCUT2D eigenvalue weighted by Gasteiger charge is 2.17. The number of anilines is 2. The molecule has 2 N–H and O–H groups in total. The number of sulfonamides is 1. The van der Waals surface area contributed by atoms with Crippen LogP contribution in [0.4, 0.5) is 11.6 Å². The Morgan fingerprint density at radius 1 is 1.00 bits per heavy atom. The maximum Gasteiger partial charge on any atom is 0.280 e. The average Bonchev–Trinajstić information content (AvgIpc) is 2.80. The van der Waals surface area contributed by atoms with Gasteiger partial charge in [-0.1, -0.05) is 11.6 Å². The molecule has 0 atom stereocenters. The van der Waals surface area contributed by atoms with Crippen molar-refractivity contribution in [2.24, 2.45) is 0 Å². The summed E-state index contributed by atoms with van der Waals surface area (Å²) in [7, 11) is -3.94. The van der Waals surface area contributed by atoms with E-state index >= 15 is 0 Å². The van der Waals surface area contributed by atoms with E-state index in [-0.39, 0.29) is 22.2 Å². The summed E-state index contributed by atoms with van der Waals surface area (Å²) in [6, 6.07) is 15.0. The number of amides is 1. The van der Waals surface area contributed by atoms with Crippen molar-refractivity contribution in [2.75, 3.05) is 10.0 Å². The number of aryl methyl sites for hydroxylation is 1. The molecule has 12 heteroatoms. The van der Waals surface area contributed by atoms with Gasteiger partial charge >= 0.3 is 0 Å². The van der Waals surface area contributed by atoms with Crippen molar-refractivity contribution in [3.05, 3.63) is 99.7 Å². The predicted octanol–water partition coefficient (Wildman–Crippen LogP) is 3.04. The minimum atomic E-state index is -3.94. The standard InChI is InChI=1S/C22H17ClN6O4S/c1-14-10-12-24-22(25-14)28-34(32,33)18-8-4-16(5-9-18)26-21(31)20-19(30)11-13-29(27-20)17-6-2-15(23)3-7-17/h2-13H,1H3,(H,26,31)(H,24,25,28). The van der Waals surface area contributed by atoms with Crippen LogP contribution in [0.5, 0.6) is 0 Å². The maximum absolute atomic E-state index is 12.7. The van der Waals surface area contributed by atoms with Crippen molar-refractivity contribution >= 4 is 39.2 Å². The van der Waals surface area contributed by atoms with Crippen molar-refractivity contribution in [1.29, 1.82) is 0 Å². The molecule has 0 aliphatic rings. The zero-order valence-electron chi connectivity index (χ0n) is 17.6. The molecule has 2 aromatic heterocycles. The van der Waals surface area contributed by atoms with Crippen LogP contribution in [0.25, 0.3) is 5.69 Å². The number of nitrogens with zero attached hydrogens (tertiary/aromatic N) is 4. The van der Waals surface area contributed by atoms with Crippen LogP contribution in [-0.2, 0) is 10.0 Å². The first-order chi connectivity index (χ1) is 16.2. The van der Waals surface area contributed by atoms with Crippen LogP contribution in [0.2, 0.25) is 5.02 Å². The quantitative estimate of drug-likeness (QED) is 0.418. The van der Waals surface area contributed by atoms with Crippen LogP contribution in [0.3, 0.4) is 0 Å². The Morgan fingerprint density at radius 3 is 2.38 bits per heavy atom. The Labute approximate surface area is 199 Å². The molecule has 4 rings (SSSR count).